The van der Waals surface area contributed by atoms with E-state index >= 15 is 0 Å². The third-order valence-corrected chi connectivity index (χ3v) is 6.58. The maximum absolute atomic E-state index is 12.0. The Morgan fingerprint density at radius 3 is 2.64 bits per heavy atom. The third-order valence-electron chi connectivity index (χ3n) is 5.65. The number of thiazole rings is 1. The van der Waals surface area contributed by atoms with Crippen LogP contribution in [0.3, 0.4) is 0 Å². The lowest BCUT2D eigenvalue weighted by Crippen LogP contribution is -2.49. The summed E-state index contributed by atoms with van der Waals surface area (Å²) < 4.78 is 6.07. The lowest BCUT2D eigenvalue weighted by Gasteiger charge is -2.36. The largest absolute Gasteiger partial charge is 0.375 e. The molecule has 0 radical (unpaired) electrons. The first kappa shape index (κ1) is 21.3. The van der Waals surface area contributed by atoms with Crippen molar-refractivity contribution in [2.45, 2.75) is 0 Å². The molecule has 33 heavy (non-hydrogen) atoms. The maximum atomic E-state index is 12.0. The second-order valence-electron chi connectivity index (χ2n) is 7.76. The molecule has 1 aliphatic rings. The molecule has 1 aromatic carbocycles. The molecule has 0 aliphatic carbocycles. The summed E-state index contributed by atoms with van der Waals surface area (Å²) in [6.07, 6.45) is 5.40. The molecule has 1 amide bonds. The van der Waals surface area contributed by atoms with Crippen molar-refractivity contribution in [2.75, 3.05) is 50.1 Å². The Kier molecular flexibility index (Phi) is 6.14. The van der Waals surface area contributed by atoms with Gasteiger partial charge in [0.15, 0.2) is 5.13 Å². The van der Waals surface area contributed by atoms with E-state index in [4.69, 9.17) is 9.72 Å². The number of amides is 1. The van der Waals surface area contributed by atoms with Gasteiger partial charge in [0.1, 0.15) is 12.4 Å². The first-order valence-electron chi connectivity index (χ1n) is 10.8. The zero-order valence-electron chi connectivity index (χ0n) is 18.3. The summed E-state index contributed by atoms with van der Waals surface area (Å²) in [5.41, 5.74) is 4.30. The Labute approximate surface area is 195 Å². The van der Waals surface area contributed by atoms with E-state index in [1.165, 1.54) is 0 Å². The SMILES string of the molecule is COCC(=O)N1CCN(c2ccnc(Nc3nc4ccc(-c5ccncc5)cc4s3)c2)CC1. The molecule has 1 aliphatic heterocycles. The number of benzene rings is 1. The molecule has 9 heteroatoms. The minimum absolute atomic E-state index is 0.0390. The summed E-state index contributed by atoms with van der Waals surface area (Å²) in [5.74, 6) is 0.788. The number of aromatic nitrogens is 3. The molecule has 1 N–H and O–H groups in total. The monoisotopic (exact) mass is 460 g/mol. The molecule has 5 rings (SSSR count). The number of nitrogens with one attached hydrogen (secondary N) is 1. The molecule has 0 bridgehead atoms. The Balaban J connectivity index is 1.28. The quantitative estimate of drug-likeness (QED) is 0.469. The van der Waals surface area contributed by atoms with Crippen molar-refractivity contribution >= 4 is 44.1 Å². The van der Waals surface area contributed by atoms with Crippen LogP contribution in [0.1, 0.15) is 0 Å². The molecule has 0 unspecified atom stereocenters. The predicted molar refractivity (Wildman–Crippen MR) is 131 cm³/mol. The molecule has 0 spiro atoms. The van der Waals surface area contributed by atoms with Gasteiger partial charge in [-0.1, -0.05) is 17.4 Å². The molecule has 168 valence electrons. The number of piperazine rings is 1. The number of fused-ring (bicyclic) bond motifs is 1. The molecule has 4 heterocycles. The number of carbonyl (C=O) groups excluding carboxylic acids is 1. The molecule has 1 fully saturated rings. The third kappa shape index (κ3) is 4.79. The fourth-order valence-corrected chi connectivity index (χ4v) is 4.84. The van der Waals surface area contributed by atoms with Gasteiger partial charge in [0.2, 0.25) is 5.91 Å². The molecule has 1 saturated heterocycles. The number of anilines is 3. The van der Waals surface area contributed by atoms with Gasteiger partial charge in [-0.2, -0.15) is 0 Å². The van der Waals surface area contributed by atoms with E-state index in [1.807, 2.05) is 35.2 Å². The molecular formula is C24H24N6O2S. The molecular weight excluding hydrogens is 436 g/mol. The van der Waals surface area contributed by atoms with Gasteiger partial charge in [-0.25, -0.2) is 9.97 Å². The van der Waals surface area contributed by atoms with E-state index < -0.39 is 0 Å². The number of rotatable bonds is 6. The molecule has 3 aromatic heterocycles. The number of hydrogen-bond donors (Lipinski definition) is 1. The predicted octanol–water partition coefficient (Wildman–Crippen LogP) is 3.79. The summed E-state index contributed by atoms with van der Waals surface area (Å²) in [7, 11) is 1.55. The van der Waals surface area contributed by atoms with Crippen molar-refractivity contribution < 1.29 is 9.53 Å². The smallest absolute Gasteiger partial charge is 0.248 e. The Hall–Kier alpha value is -3.56. The fraction of sp³-hybridized carbons (Fsp3) is 0.250. The highest BCUT2D eigenvalue weighted by Gasteiger charge is 2.21. The van der Waals surface area contributed by atoms with Crippen LogP contribution in [0.15, 0.2) is 61.1 Å². The van der Waals surface area contributed by atoms with Gasteiger partial charge in [-0.3, -0.25) is 9.78 Å². The van der Waals surface area contributed by atoms with Gasteiger partial charge in [0, 0.05) is 63.6 Å². The average molecular weight is 461 g/mol. The Morgan fingerprint density at radius 2 is 1.85 bits per heavy atom. The highest BCUT2D eigenvalue weighted by Crippen LogP contribution is 2.32. The van der Waals surface area contributed by atoms with Crippen molar-refractivity contribution in [1.82, 2.24) is 19.9 Å². The van der Waals surface area contributed by atoms with E-state index in [9.17, 15) is 4.79 Å². The number of carbonyl (C=O) groups is 1. The second kappa shape index (κ2) is 9.51. The van der Waals surface area contributed by atoms with Crippen molar-refractivity contribution in [3.05, 3.63) is 61.1 Å². The van der Waals surface area contributed by atoms with Crippen LogP contribution in [0, 0.1) is 0 Å². The van der Waals surface area contributed by atoms with Gasteiger partial charge >= 0.3 is 0 Å². The van der Waals surface area contributed by atoms with Crippen molar-refractivity contribution in [3.8, 4) is 11.1 Å². The highest BCUT2D eigenvalue weighted by atomic mass is 32.1. The van der Waals surface area contributed by atoms with Crippen molar-refractivity contribution in [1.29, 1.82) is 0 Å². The van der Waals surface area contributed by atoms with E-state index in [0.29, 0.717) is 13.1 Å². The van der Waals surface area contributed by atoms with Crippen LogP contribution in [-0.4, -0.2) is 65.7 Å². The lowest BCUT2D eigenvalue weighted by molar-refractivity contribution is -0.135. The summed E-state index contributed by atoms with van der Waals surface area (Å²) >= 11 is 1.60. The topological polar surface area (TPSA) is 83.5 Å². The number of hydrogen-bond acceptors (Lipinski definition) is 8. The summed E-state index contributed by atoms with van der Waals surface area (Å²) in [6, 6.07) is 14.3. The Morgan fingerprint density at radius 1 is 1.03 bits per heavy atom. The fourth-order valence-electron chi connectivity index (χ4n) is 3.92. The molecule has 4 aromatic rings. The Bertz CT molecular complexity index is 1250. The van der Waals surface area contributed by atoms with Gasteiger partial charge < -0.3 is 19.9 Å². The summed E-state index contributed by atoms with van der Waals surface area (Å²) in [4.78, 5) is 29.4. The van der Waals surface area contributed by atoms with Crippen LogP contribution in [-0.2, 0) is 9.53 Å². The van der Waals surface area contributed by atoms with Crippen LogP contribution < -0.4 is 10.2 Å². The van der Waals surface area contributed by atoms with E-state index in [-0.39, 0.29) is 12.5 Å². The van der Waals surface area contributed by atoms with Gasteiger partial charge in [0.05, 0.1) is 10.2 Å². The average Bonchev–Trinajstić information content (AvgIpc) is 3.26. The number of pyridine rings is 2. The van der Waals surface area contributed by atoms with Crippen LogP contribution in [0.2, 0.25) is 0 Å². The number of nitrogens with zero attached hydrogens (tertiary/aromatic N) is 5. The molecule has 8 nitrogen and oxygen atoms in total. The minimum atomic E-state index is 0.0390. The molecule has 0 atom stereocenters. The molecule has 0 saturated carbocycles. The first-order valence-corrected chi connectivity index (χ1v) is 11.6. The van der Waals surface area contributed by atoms with E-state index in [0.717, 1.165) is 51.1 Å². The summed E-state index contributed by atoms with van der Waals surface area (Å²) in [5, 5.41) is 4.16. The zero-order chi connectivity index (χ0) is 22.6. The van der Waals surface area contributed by atoms with Gasteiger partial charge in [-0.15, -0.1) is 0 Å². The normalized spacial score (nSPS) is 14.0. The minimum Gasteiger partial charge on any atom is -0.375 e. The maximum Gasteiger partial charge on any atom is 0.248 e. The van der Waals surface area contributed by atoms with Crippen LogP contribution in [0.5, 0.6) is 0 Å². The second-order valence-corrected chi connectivity index (χ2v) is 8.79. The van der Waals surface area contributed by atoms with E-state index in [2.05, 4.69) is 32.3 Å². The van der Waals surface area contributed by atoms with Crippen LogP contribution >= 0.6 is 11.3 Å². The van der Waals surface area contributed by atoms with E-state index in [1.54, 1.807) is 37.0 Å². The van der Waals surface area contributed by atoms with Crippen molar-refractivity contribution in [2.24, 2.45) is 0 Å². The van der Waals surface area contributed by atoms with Crippen molar-refractivity contribution in [3.63, 3.8) is 0 Å². The standard InChI is InChI=1S/C24H24N6O2S/c1-32-16-23(31)30-12-10-29(11-13-30)19-6-9-26-22(15-19)28-24-27-20-3-2-18(14-21(20)33-24)17-4-7-25-8-5-17/h2-9,14-15H,10-13,16H2,1H3,(H,26,27,28). The van der Waals surface area contributed by atoms with Gasteiger partial charge in [-0.05, 0) is 41.5 Å². The zero-order valence-corrected chi connectivity index (χ0v) is 19.1. The lowest BCUT2D eigenvalue weighted by atomic mass is 10.1. The van der Waals surface area contributed by atoms with Crippen LogP contribution in [0.4, 0.5) is 16.6 Å². The number of ether oxygens (including phenoxy) is 1. The van der Waals surface area contributed by atoms with Gasteiger partial charge in [0.25, 0.3) is 0 Å². The number of methoxy groups -OCH3 is 1. The van der Waals surface area contributed by atoms with Crippen LogP contribution in [0.25, 0.3) is 21.3 Å². The summed E-state index contributed by atoms with van der Waals surface area (Å²) in [6.45, 7) is 3.06. The highest BCUT2D eigenvalue weighted by molar-refractivity contribution is 7.22. The first-order chi connectivity index (χ1) is 16.2.